The van der Waals surface area contributed by atoms with Crippen LogP contribution in [0.1, 0.15) is 49.1 Å². The minimum atomic E-state index is -0.526. The van der Waals surface area contributed by atoms with Gasteiger partial charge < -0.3 is 19.5 Å². The van der Waals surface area contributed by atoms with Crippen molar-refractivity contribution in [1.82, 2.24) is 0 Å². The number of anilines is 1. The van der Waals surface area contributed by atoms with E-state index >= 15 is 0 Å². The summed E-state index contributed by atoms with van der Waals surface area (Å²) in [5.74, 6) is 0.854. The molecule has 0 amide bonds. The van der Waals surface area contributed by atoms with E-state index in [1.54, 1.807) is 0 Å². The standard InChI is InChI=1S/C31H37NO3/c1-5-6-19-34-30-29(33-20-18-24-13-8-7-9-14-24)27-21-26(16-17-28(27)35-31(30,3)4)32-22-25-15-11-10-12-23(25)2/h5-17,21,29-30,32H,18-20,22H2,1-4H3. The average molecular weight is 472 g/mol. The van der Waals surface area contributed by atoms with Crippen LogP contribution >= 0.6 is 0 Å². The summed E-state index contributed by atoms with van der Waals surface area (Å²) in [5, 5.41) is 3.58. The number of fused-ring (bicyclic) bond motifs is 1. The van der Waals surface area contributed by atoms with Crippen molar-refractivity contribution >= 4 is 5.69 Å². The Morgan fingerprint density at radius 1 is 0.971 bits per heavy atom. The Hall–Kier alpha value is -3.08. The molecule has 0 saturated carbocycles. The number of ether oxygens (including phenoxy) is 3. The molecule has 0 radical (unpaired) electrons. The molecular formula is C31H37NO3. The fourth-order valence-corrected chi connectivity index (χ4v) is 4.52. The third-order valence-corrected chi connectivity index (χ3v) is 6.53. The van der Waals surface area contributed by atoms with Crippen molar-refractivity contribution in [3.8, 4) is 5.75 Å². The molecule has 2 atom stereocenters. The van der Waals surface area contributed by atoms with Crippen LogP contribution in [-0.4, -0.2) is 24.9 Å². The van der Waals surface area contributed by atoms with E-state index in [4.69, 9.17) is 14.2 Å². The third-order valence-electron chi connectivity index (χ3n) is 6.53. The highest BCUT2D eigenvalue weighted by molar-refractivity contribution is 5.54. The molecule has 2 unspecified atom stereocenters. The zero-order valence-electron chi connectivity index (χ0n) is 21.3. The summed E-state index contributed by atoms with van der Waals surface area (Å²) in [6.45, 7) is 10.2. The molecule has 1 heterocycles. The zero-order chi connectivity index (χ0) is 24.7. The second-order valence-electron chi connectivity index (χ2n) is 9.59. The zero-order valence-corrected chi connectivity index (χ0v) is 21.3. The molecule has 35 heavy (non-hydrogen) atoms. The summed E-state index contributed by atoms with van der Waals surface area (Å²) >= 11 is 0. The SMILES string of the molecule is CC=CCOC1C(OCCc2ccccc2)c2cc(NCc3ccccc3C)ccc2OC1(C)C. The highest BCUT2D eigenvalue weighted by Gasteiger charge is 2.45. The lowest BCUT2D eigenvalue weighted by Gasteiger charge is -2.44. The highest BCUT2D eigenvalue weighted by atomic mass is 16.6. The third kappa shape index (κ3) is 6.33. The van der Waals surface area contributed by atoms with E-state index in [9.17, 15) is 0 Å². The predicted molar refractivity (Wildman–Crippen MR) is 143 cm³/mol. The quantitative estimate of drug-likeness (QED) is 0.322. The van der Waals surface area contributed by atoms with E-state index in [-0.39, 0.29) is 12.2 Å². The topological polar surface area (TPSA) is 39.7 Å². The molecule has 1 N–H and O–H groups in total. The molecule has 1 aliphatic rings. The van der Waals surface area contributed by atoms with Crippen LogP contribution < -0.4 is 10.1 Å². The van der Waals surface area contributed by atoms with Gasteiger partial charge in [-0.25, -0.2) is 0 Å². The fourth-order valence-electron chi connectivity index (χ4n) is 4.52. The number of benzene rings is 3. The molecule has 1 aliphatic heterocycles. The Morgan fingerprint density at radius 3 is 2.51 bits per heavy atom. The van der Waals surface area contributed by atoms with Crippen LogP contribution in [0.2, 0.25) is 0 Å². The van der Waals surface area contributed by atoms with Gasteiger partial charge in [0.15, 0.2) is 0 Å². The molecule has 0 bridgehead atoms. The van der Waals surface area contributed by atoms with Crippen LogP contribution in [-0.2, 0) is 22.4 Å². The molecule has 0 saturated heterocycles. The van der Waals surface area contributed by atoms with Crippen LogP contribution in [0.25, 0.3) is 0 Å². The maximum atomic E-state index is 6.57. The van der Waals surface area contributed by atoms with Crippen molar-refractivity contribution in [2.45, 2.75) is 58.5 Å². The van der Waals surface area contributed by atoms with Crippen molar-refractivity contribution in [3.63, 3.8) is 0 Å². The summed E-state index contributed by atoms with van der Waals surface area (Å²) < 4.78 is 19.3. The Morgan fingerprint density at radius 2 is 1.74 bits per heavy atom. The van der Waals surface area contributed by atoms with E-state index in [0.717, 1.165) is 30.0 Å². The lowest BCUT2D eigenvalue weighted by atomic mass is 9.87. The number of aryl methyl sites for hydroxylation is 1. The van der Waals surface area contributed by atoms with Gasteiger partial charge in [0, 0.05) is 17.8 Å². The maximum absolute atomic E-state index is 6.57. The molecule has 0 fully saturated rings. The van der Waals surface area contributed by atoms with Gasteiger partial charge in [0.1, 0.15) is 23.6 Å². The summed E-state index contributed by atoms with van der Waals surface area (Å²) in [5.41, 5.74) is 5.37. The number of allylic oxidation sites excluding steroid dienone is 1. The van der Waals surface area contributed by atoms with Crippen molar-refractivity contribution in [3.05, 3.63) is 107 Å². The van der Waals surface area contributed by atoms with Crippen molar-refractivity contribution in [2.24, 2.45) is 0 Å². The monoisotopic (exact) mass is 471 g/mol. The normalized spacial score (nSPS) is 18.7. The molecule has 0 aliphatic carbocycles. The number of hydrogen-bond acceptors (Lipinski definition) is 4. The van der Waals surface area contributed by atoms with Crippen molar-refractivity contribution in [1.29, 1.82) is 0 Å². The smallest absolute Gasteiger partial charge is 0.132 e. The van der Waals surface area contributed by atoms with Crippen molar-refractivity contribution in [2.75, 3.05) is 18.5 Å². The maximum Gasteiger partial charge on any atom is 0.132 e. The van der Waals surface area contributed by atoms with E-state index in [2.05, 4.69) is 86.8 Å². The van der Waals surface area contributed by atoms with Gasteiger partial charge in [-0.3, -0.25) is 0 Å². The largest absolute Gasteiger partial charge is 0.485 e. The molecule has 0 spiro atoms. The minimum absolute atomic E-state index is 0.233. The van der Waals surface area contributed by atoms with E-state index in [0.29, 0.717) is 13.2 Å². The molecule has 0 aromatic heterocycles. The number of hydrogen-bond donors (Lipinski definition) is 1. The van der Waals surface area contributed by atoms with Gasteiger partial charge in [-0.15, -0.1) is 0 Å². The first kappa shape index (κ1) is 25.0. The second kappa shape index (κ2) is 11.6. The summed E-state index contributed by atoms with van der Waals surface area (Å²) in [6, 6.07) is 25.2. The fraction of sp³-hybridized carbons (Fsp3) is 0.355. The summed E-state index contributed by atoms with van der Waals surface area (Å²) in [7, 11) is 0. The van der Waals surface area contributed by atoms with E-state index in [1.165, 1.54) is 16.7 Å². The molecule has 3 aromatic rings. The molecule has 3 aromatic carbocycles. The van der Waals surface area contributed by atoms with Crippen LogP contribution in [0.3, 0.4) is 0 Å². The predicted octanol–water partition coefficient (Wildman–Crippen LogP) is 7.04. The molecular weight excluding hydrogens is 434 g/mol. The van der Waals surface area contributed by atoms with Crippen LogP contribution in [0.15, 0.2) is 84.9 Å². The Labute approximate surface area is 209 Å². The lowest BCUT2D eigenvalue weighted by molar-refractivity contribution is -0.157. The second-order valence-corrected chi connectivity index (χ2v) is 9.59. The Balaban J connectivity index is 1.57. The minimum Gasteiger partial charge on any atom is -0.485 e. The van der Waals surface area contributed by atoms with Crippen LogP contribution in [0, 0.1) is 6.92 Å². The molecule has 4 nitrogen and oxygen atoms in total. The Bertz CT molecular complexity index is 1120. The Kier molecular flexibility index (Phi) is 8.27. The lowest BCUT2D eigenvalue weighted by Crippen LogP contribution is -2.51. The average Bonchev–Trinajstić information content (AvgIpc) is 2.85. The van der Waals surface area contributed by atoms with E-state index < -0.39 is 5.60 Å². The first-order valence-corrected chi connectivity index (χ1v) is 12.5. The number of rotatable bonds is 10. The van der Waals surface area contributed by atoms with Gasteiger partial charge in [-0.05, 0) is 69.0 Å². The number of nitrogens with one attached hydrogen (secondary N) is 1. The van der Waals surface area contributed by atoms with Gasteiger partial charge in [0.05, 0.1) is 13.2 Å². The van der Waals surface area contributed by atoms with Gasteiger partial charge in [0.25, 0.3) is 0 Å². The van der Waals surface area contributed by atoms with Crippen molar-refractivity contribution < 1.29 is 14.2 Å². The van der Waals surface area contributed by atoms with Gasteiger partial charge >= 0.3 is 0 Å². The first-order chi connectivity index (χ1) is 17.0. The summed E-state index contributed by atoms with van der Waals surface area (Å²) in [6.07, 6.45) is 4.40. The molecule has 184 valence electrons. The molecule has 4 heteroatoms. The van der Waals surface area contributed by atoms with Gasteiger partial charge in [0.2, 0.25) is 0 Å². The van der Waals surface area contributed by atoms with Gasteiger partial charge in [-0.2, -0.15) is 0 Å². The highest BCUT2D eigenvalue weighted by Crippen LogP contribution is 2.44. The van der Waals surface area contributed by atoms with Gasteiger partial charge in [-0.1, -0.05) is 66.7 Å². The van der Waals surface area contributed by atoms with E-state index in [1.807, 2.05) is 31.2 Å². The molecule has 4 rings (SSSR count). The van der Waals surface area contributed by atoms with Crippen LogP contribution in [0.5, 0.6) is 5.75 Å². The van der Waals surface area contributed by atoms with Crippen LogP contribution in [0.4, 0.5) is 5.69 Å². The summed E-state index contributed by atoms with van der Waals surface area (Å²) in [4.78, 5) is 0. The first-order valence-electron chi connectivity index (χ1n) is 12.5.